The number of piperidine rings is 1. The van der Waals surface area contributed by atoms with Gasteiger partial charge in [0.15, 0.2) is 0 Å². The molecule has 31 heavy (non-hydrogen) atoms. The second kappa shape index (κ2) is 10.0. The molecule has 166 valence electrons. The van der Waals surface area contributed by atoms with E-state index in [1.165, 1.54) is 0 Å². The summed E-state index contributed by atoms with van der Waals surface area (Å²) in [5.41, 5.74) is 2.31. The van der Waals surface area contributed by atoms with Gasteiger partial charge in [0, 0.05) is 56.1 Å². The Kier molecular flexibility index (Phi) is 7.15. The molecular formula is C23H30ClN5O2. The largest absolute Gasteiger partial charge is 0.381 e. The first kappa shape index (κ1) is 22.1. The molecule has 0 spiro atoms. The summed E-state index contributed by atoms with van der Waals surface area (Å²) in [7, 11) is 0. The van der Waals surface area contributed by atoms with E-state index in [9.17, 15) is 4.79 Å². The van der Waals surface area contributed by atoms with Gasteiger partial charge in [-0.15, -0.1) is 0 Å². The van der Waals surface area contributed by atoms with E-state index in [2.05, 4.69) is 27.5 Å². The zero-order valence-corrected chi connectivity index (χ0v) is 18.7. The first-order valence-electron chi connectivity index (χ1n) is 11.0. The molecule has 2 aromatic heterocycles. The number of Topliss-reactive ketones (excluding diaryl/α,β-unsaturated/α-hetero) is 1. The third kappa shape index (κ3) is 5.79. The predicted octanol–water partition coefficient (Wildman–Crippen LogP) is 3.53. The van der Waals surface area contributed by atoms with Crippen LogP contribution in [0, 0.1) is 11.3 Å². The second-order valence-electron chi connectivity index (χ2n) is 8.91. The van der Waals surface area contributed by atoms with Gasteiger partial charge in [0.25, 0.3) is 0 Å². The number of hydrogen-bond donors (Lipinski definition) is 2. The number of anilines is 1. The van der Waals surface area contributed by atoms with Crippen molar-refractivity contribution in [1.29, 1.82) is 0 Å². The summed E-state index contributed by atoms with van der Waals surface area (Å²) >= 11 is 6.43. The fourth-order valence-corrected chi connectivity index (χ4v) is 4.35. The predicted molar refractivity (Wildman–Crippen MR) is 121 cm³/mol. The molecule has 0 aliphatic carbocycles. The third-order valence-corrected chi connectivity index (χ3v) is 6.63. The number of ether oxygens (including phenoxy) is 1. The number of carbonyl (C=O) groups excluding carboxylic acids is 1. The van der Waals surface area contributed by atoms with Gasteiger partial charge in [0.1, 0.15) is 11.6 Å². The van der Waals surface area contributed by atoms with Gasteiger partial charge < -0.3 is 15.4 Å². The highest BCUT2D eigenvalue weighted by molar-refractivity contribution is 6.33. The van der Waals surface area contributed by atoms with Crippen LogP contribution in [0.5, 0.6) is 0 Å². The van der Waals surface area contributed by atoms with Gasteiger partial charge >= 0.3 is 0 Å². The van der Waals surface area contributed by atoms with Crippen LogP contribution in [0.1, 0.15) is 38.3 Å². The van der Waals surface area contributed by atoms with Crippen LogP contribution in [-0.2, 0) is 16.0 Å². The standard InChI is InChI=1S/C23H30ClN5O2/c1-23(4-7-31-8-5-23)15-28-22-14-26-13-20(29-22)18-9-17(27-12-19(18)24)10-21(30)16-3-2-6-25-11-16/h9,12-14,16,25H,2-8,10-11,15H2,1H3,(H,28,29)/t16-/m1/s1. The number of halogens is 1. The van der Waals surface area contributed by atoms with Gasteiger partial charge in [0.05, 0.1) is 23.1 Å². The molecule has 0 aromatic carbocycles. The van der Waals surface area contributed by atoms with Crippen molar-refractivity contribution in [2.45, 2.75) is 39.0 Å². The minimum Gasteiger partial charge on any atom is -0.381 e. The number of nitrogens with zero attached hydrogens (tertiary/aromatic N) is 3. The van der Waals surface area contributed by atoms with E-state index in [1.54, 1.807) is 18.6 Å². The molecule has 2 aromatic rings. The van der Waals surface area contributed by atoms with Gasteiger partial charge in [-0.05, 0) is 43.7 Å². The van der Waals surface area contributed by atoms with E-state index in [-0.39, 0.29) is 17.1 Å². The molecule has 0 saturated carbocycles. The summed E-state index contributed by atoms with van der Waals surface area (Å²) in [4.78, 5) is 26.1. The van der Waals surface area contributed by atoms with Crippen molar-refractivity contribution in [3.8, 4) is 11.3 Å². The average Bonchev–Trinajstić information content (AvgIpc) is 2.80. The highest BCUT2D eigenvalue weighted by Gasteiger charge is 2.27. The minimum atomic E-state index is 0.0635. The fraction of sp³-hybridized carbons (Fsp3) is 0.565. The molecular weight excluding hydrogens is 414 g/mol. The summed E-state index contributed by atoms with van der Waals surface area (Å²) in [5, 5.41) is 7.22. The maximum absolute atomic E-state index is 12.7. The molecule has 2 N–H and O–H groups in total. The molecule has 2 aliphatic rings. The third-order valence-electron chi connectivity index (χ3n) is 6.33. The quantitative estimate of drug-likeness (QED) is 0.676. The highest BCUT2D eigenvalue weighted by atomic mass is 35.5. The zero-order chi connectivity index (χ0) is 21.7. The lowest BCUT2D eigenvalue weighted by molar-refractivity contribution is -0.122. The van der Waals surface area contributed by atoms with E-state index in [0.29, 0.717) is 28.6 Å². The number of nitrogens with one attached hydrogen (secondary N) is 2. The summed E-state index contributed by atoms with van der Waals surface area (Å²) in [6.07, 6.45) is 9.36. The lowest BCUT2D eigenvalue weighted by atomic mass is 9.82. The maximum atomic E-state index is 12.7. The zero-order valence-electron chi connectivity index (χ0n) is 18.0. The van der Waals surface area contributed by atoms with Crippen LogP contribution < -0.4 is 10.6 Å². The van der Waals surface area contributed by atoms with E-state index in [4.69, 9.17) is 21.3 Å². The normalized spacial score (nSPS) is 20.9. The van der Waals surface area contributed by atoms with Crippen molar-refractivity contribution in [2.75, 3.05) is 38.2 Å². The number of hydrogen-bond acceptors (Lipinski definition) is 7. The SMILES string of the molecule is CC1(CNc2cncc(-c3cc(CC(=O)[C@@H]4CCCNC4)ncc3Cl)n2)CCOCC1. The Morgan fingerprint density at radius 1 is 1.32 bits per heavy atom. The number of carbonyl (C=O) groups is 1. The first-order valence-corrected chi connectivity index (χ1v) is 11.4. The van der Waals surface area contributed by atoms with Gasteiger partial charge in [-0.3, -0.25) is 14.8 Å². The van der Waals surface area contributed by atoms with Gasteiger partial charge in [-0.1, -0.05) is 18.5 Å². The van der Waals surface area contributed by atoms with Gasteiger partial charge in [-0.25, -0.2) is 4.98 Å². The Hall–Kier alpha value is -2.09. The van der Waals surface area contributed by atoms with E-state index in [1.807, 2.05) is 6.07 Å². The smallest absolute Gasteiger partial charge is 0.145 e. The van der Waals surface area contributed by atoms with E-state index >= 15 is 0 Å². The topological polar surface area (TPSA) is 89.0 Å². The van der Waals surface area contributed by atoms with Crippen LogP contribution in [0.3, 0.4) is 0 Å². The van der Waals surface area contributed by atoms with Crippen molar-refractivity contribution in [2.24, 2.45) is 11.3 Å². The molecule has 0 unspecified atom stereocenters. The molecule has 7 nitrogen and oxygen atoms in total. The Morgan fingerprint density at radius 2 is 2.16 bits per heavy atom. The molecule has 0 radical (unpaired) electrons. The Bertz CT molecular complexity index is 911. The molecule has 4 rings (SSSR count). The van der Waals surface area contributed by atoms with Crippen LogP contribution in [-0.4, -0.2) is 53.6 Å². The molecule has 1 atom stereocenters. The molecule has 4 heterocycles. The average molecular weight is 444 g/mol. The summed E-state index contributed by atoms with van der Waals surface area (Å²) in [5.74, 6) is 0.997. The van der Waals surface area contributed by atoms with Crippen LogP contribution in [0.25, 0.3) is 11.3 Å². The monoisotopic (exact) mass is 443 g/mol. The van der Waals surface area contributed by atoms with Crippen molar-refractivity contribution >= 4 is 23.2 Å². The number of ketones is 1. The Morgan fingerprint density at radius 3 is 2.94 bits per heavy atom. The maximum Gasteiger partial charge on any atom is 0.145 e. The van der Waals surface area contributed by atoms with Gasteiger partial charge in [0.2, 0.25) is 0 Å². The number of rotatable bonds is 7. The highest BCUT2D eigenvalue weighted by Crippen LogP contribution is 2.31. The number of pyridine rings is 1. The lowest BCUT2D eigenvalue weighted by Gasteiger charge is -2.33. The van der Waals surface area contributed by atoms with Crippen LogP contribution in [0.4, 0.5) is 5.82 Å². The second-order valence-corrected chi connectivity index (χ2v) is 9.32. The summed E-state index contributed by atoms with van der Waals surface area (Å²) in [6, 6.07) is 1.87. The summed E-state index contributed by atoms with van der Waals surface area (Å²) < 4.78 is 5.48. The van der Waals surface area contributed by atoms with Crippen LogP contribution in [0.2, 0.25) is 5.02 Å². The molecule has 8 heteroatoms. The van der Waals surface area contributed by atoms with Gasteiger partial charge in [-0.2, -0.15) is 0 Å². The van der Waals surface area contributed by atoms with Crippen LogP contribution in [0.15, 0.2) is 24.7 Å². The molecule has 2 saturated heterocycles. The van der Waals surface area contributed by atoms with E-state index in [0.717, 1.165) is 64.1 Å². The number of aromatic nitrogens is 3. The van der Waals surface area contributed by atoms with E-state index < -0.39 is 0 Å². The molecule has 2 aliphatic heterocycles. The molecule has 2 fully saturated rings. The van der Waals surface area contributed by atoms with Crippen molar-refractivity contribution in [3.05, 3.63) is 35.4 Å². The van der Waals surface area contributed by atoms with Crippen molar-refractivity contribution < 1.29 is 9.53 Å². The lowest BCUT2D eigenvalue weighted by Crippen LogP contribution is -2.35. The molecule has 0 bridgehead atoms. The Labute approximate surface area is 188 Å². The van der Waals surface area contributed by atoms with Crippen molar-refractivity contribution in [3.63, 3.8) is 0 Å². The minimum absolute atomic E-state index is 0.0635. The fourth-order valence-electron chi connectivity index (χ4n) is 4.15. The first-order chi connectivity index (χ1) is 15.0. The van der Waals surface area contributed by atoms with Crippen molar-refractivity contribution in [1.82, 2.24) is 20.3 Å². The van der Waals surface area contributed by atoms with Crippen LogP contribution >= 0.6 is 11.6 Å². The molecule has 0 amide bonds. The summed E-state index contributed by atoms with van der Waals surface area (Å²) in [6.45, 7) is 6.43. The Balaban J connectivity index is 1.46.